The smallest absolute Gasteiger partial charge is 0.416 e. The lowest BCUT2D eigenvalue weighted by atomic mass is 9.97. The third-order valence-corrected chi connectivity index (χ3v) is 6.32. The molecule has 31 heavy (non-hydrogen) atoms. The minimum absolute atomic E-state index is 0.0360. The lowest BCUT2D eigenvalue weighted by Gasteiger charge is -2.25. The van der Waals surface area contributed by atoms with Crippen molar-refractivity contribution in [1.82, 2.24) is 15.5 Å². The molecule has 2 amide bonds. The second-order valence-corrected chi connectivity index (χ2v) is 8.48. The summed E-state index contributed by atoms with van der Waals surface area (Å²) in [5.41, 5.74) is 0.207. The summed E-state index contributed by atoms with van der Waals surface area (Å²) < 4.78 is 42.9. The second-order valence-electron chi connectivity index (χ2n) is 8.48. The van der Waals surface area contributed by atoms with Crippen LogP contribution in [-0.2, 0) is 22.3 Å². The molecular formula is C22H30F3N3O3. The van der Waals surface area contributed by atoms with Crippen LogP contribution in [0, 0.1) is 11.8 Å². The zero-order chi connectivity index (χ0) is 22.6. The van der Waals surface area contributed by atoms with Gasteiger partial charge in [0.1, 0.15) is 6.04 Å². The van der Waals surface area contributed by atoms with Gasteiger partial charge in [0.2, 0.25) is 5.91 Å². The van der Waals surface area contributed by atoms with Crippen molar-refractivity contribution in [2.75, 3.05) is 20.2 Å². The first-order valence-electron chi connectivity index (χ1n) is 10.7. The van der Waals surface area contributed by atoms with Gasteiger partial charge in [-0.1, -0.05) is 25.5 Å². The van der Waals surface area contributed by atoms with Crippen molar-refractivity contribution in [1.29, 1.82) is 0 Å². The Bertz CT molecular complexity index is 770. The number of rotatable bonds is 7. The molecule has 172 valence electrons. The maximum absolute atomic E-state index is 12.7. The third-order valence-electron chi connectivity index (χ3n) is 6.32. The van der Waals surface area contributed by atoms with Crippen LogP contribution in [0.15, 0.2) is 24.3 Å². The first kappa shape index (κ1) is 23.4. The number of alkyl carbamates (subject to hydrolysis) is 1. The number of ether oxygens (including phenoxy) is 1. The Labute approximate surface area is 180 Å². The fourth-order valence-electron chi connectivity index (χ4n) is 4.77. The summed E-state index contributed by atoms with van der Waals surface area (Å²) in [4.78, 5) is 26.5. The first-order chi connectivity index (χ1) is 14.7. The summed E-state index contributed by atoms with van der Waals surface area (Å²) in [6.07, 6.45) is -1.77. The average molecular weight is 441 g/mol. The van der Waals surface area contributed by atoms with Crippen LogP contribution in [-0.4, -0.2) is 49.2 Å². The molecule has 1 saturated heterocycles. The molecule has 9 heteroatoms. The van der Waals surface area contributed by atoms with Gasteiger partial charge in [-0.05, 0) is 48.8 Å². The van der Waals surface area contributed by atoms with E-state index in [4.69, 9.17) is 0 Å². The molecule has 2 aliphatic rings. The number of carbonyl (C=O) groups is 2. The highest BCUT2D eigenvalue weighted by Gasteiger charge is 2.43. The number of alkyl halides is 3. The van der Waals surface area contributed by atoms with Crippen molar-refractivity contribution in [2.24, 2.45) is 11.8 Å². The summed E-state index contributed by atoms with van der Waals surface area (Å²) in [5, 5.41) is 5.71. The molecular weight excluding hydrogens is 411 g/mol. The van der Waals surface area contributed by atoms with Gasteiger partial charge in [-0.15, -0.1) is 0 Å². The minimum Gasteiger partial charge on any atom is -0.453 e. The third kappa shape index (κ3) is 5.90. The van der Waals surface area contributed by atoms with Crippen LogP contribution in [0.2, 0.25) is 0 Å². The van der Waals surface area contributed by atoms with Crippen molar-refractivity contribution < 1.29 is 27.5 Å². The van der Waals surface area contributed by atoms with Crippen LogP contribution >= 0.6 is 0 Å². The van der Waals surface area contributed by atoms with Crippen LogP contribution in [0.3, 0.4) is 0 Å². The van der Waals surface area contributed by atoms with E-state index in [1.54, 1.807) is 0 Å². The molecule has 1 heterocycles. The van der Waals surface area contributed by atoms with Gasteiger partial charge in [0.25, 0.3) is 0 Å². The van der Waals surface area contributed by atoms with Crippen LogP contribution in [0.4, 0.5) is 18.0 Å². The number of carbonyl (C=O) groups excluding carboxylic acids is 2. The number of fused-ring (bicyclic) bond motifs is 1. The number of benzene rings is 1. The molecule has 2 N–H and O–H groups in total. The van der Waals surface area contributed by atoms with Gasteiger partial charge in [-0.2, -0.15) is 13.2 Å². The minimum atomic E-state index is -4.33. The maximum Gasteiger partial charge on any atom is 0.416 e. The van der Waals surface area contributed by atoms with Crippen LogP contribution in [0.1, 0.15) is 43.7 Å². The molecule has 3 rings (SSSR count). The van der Waals surface area contributed by atoms with Crippen LogP contribution < -0.4 is 10.6 Å². The predicted molar refractivity (Wildman–Crippen MR) is 109 cm³/mol. The molecule has 0 bridgehead atoms. The van der Waals surface area contributed by atoms with Crippen molar-refractivity contribution in [3.05, 3.63) is 35.4 Å². The Morgan fingerprint density at radius 1 is 1.19 bits per heavy atom. The molecule has 0 unspecified atom stereocenters. The van der Waals surface area contributed by atoms with E-state index in [9.17, 15) is 22.8 Å². The van der Waals surface area contributed by atoms with Gasteiger partial charge in [0.05, 0.1) is 12.7 Å². The maximum atomic E-state index is 12.7. The number of methoxy groups -OCH3 is 1. The number of halogens is 3. The van der Waals surface area contributed by atoms with E-state index in [2.05, 4.69) is 20.3 Å². The Kier molecular flexibility index (Phi) is 7.46. The standard InChI is InChI=1S/C22H30F3N3O3/c1-3-4-19(27-21(30)31-2)20(29)26-18-10-7-15-12-28(13-17(15)18)11-14-5-8-16(9-6-14)22(23,24)25/h5-6,8-9,15,17-19H,3-4,7,10-13H2,1-2H3,(H,26,29)(H,27,30)/t15-,17+,18+,19-/m0/s1. The summed E-state index contributed by atoms with van der Waals surface area (Å²) in [5.74, 6) is 0.566. The number of nitrogens with one attached hydrogen (secondary N) is 2. The van der Waals surface area contributed by atoms with Crippen molar-refractivity contribution >= 4 is 12.0 Å². The van der Waals surface area contributed by atoms with E-state index in [0.29, 0.717) is 24.8 Å². The Morgan fingerprint density at radius 3 is 2.52 bits per heavy atom. The SMILES string of the molecule is CCC[C@H](NC(=O)OC)C(=O)N[C@@H]1CC[C@H]2CN(Cc3ccc(C(F)(F)F)cc3)C[C@H]21. The molecule has 1 aliphatic carbocycles. The normalized spacial score (nSPS) is 24.5. The van der Waals surface area contributed by atoms with Gasteiger partial charge in [-0.25, -0.2) is 4.79 Å². The summed E-state index contributed by atoms with van der Waals surface area (Å²) >= 11 is 0. The molecule has 1 aromatic carbocycles. The lowest BCUT2D eigenvalue weighted by molar-refractivity contribution is -0.137. The quantitative estimate of drug-likeness (QED) is 0.679. The Morgan fingerprint density at radius 2 is 1.90 bits per heavy atom. The number of likely N-dealkylation sites (tertiary alicyclic amines) is 1. The van der Waals surface area contributed by atoms with E-state index in [-0.39, 0.29) is 11.9 Å². The molecule has 6 nitrogen and oxygen atoms in total. The molecule has 0 radical (unpaired) electrons. The number of hydrogen-bond donors (Lipinski definition) is 2. The highest BCUT2D eigenvalue weighted by molar-refractivity contribution is 5.85. The number of amides is 2. The molecule has 1 aromatic rings. The second kappa shape index (κ2) is 9.89. The molecule has 1 saturated carbocycles. The van der Waals surface area contributed by atoms with Crippen LogP contribution in [0.25, 0.3) is 0 Å². The van der Waals surface area contributed by atoms with Gasteiger partial charge in [0.15, 0.2) is 0 Å². The van der Waals surface area contributed by atoms with Crippen LogP contribution in [0.5, 0.6) is 0 Å². The Balaban J connectivity index is 1.55. The predicted octanol–water partition coefficient (Wildman–Crippen LogP) is 3.56. The van der Waals surface area contributed by atoms with Crippen molar-refractivity contribution in [2.45, 2.75) is 57.4 Å². The monoisotopic (exact) mass is 441 g/mol. The van der Waals surface area contributed by atoms with E-state index in [1.165, 1.54) is 19.2 Å². The fraction of sp³-hybridized carbons (Fsp3) is 0.636. The average Bonchev–Trinajstić information content (AvgIpc) is 3.28. The molecule has 4 atom stereocenters. The summed E-state index contributed by atoms with van der Waals surface area (Å²) in [6, 6.07) is 4.72. The topological polar surface area (TPSA) is 70.7 Å². The Hall–Kier alpha value is -2.29. The van der Waals surface area contributed by atoms with E-state index >= 15 is 0 Å². The number of nitrogens with zero attached hydrogens (tertiary/aromatic N) is 1. The highest BCUT2D eigenvalue weighted by atomic mass is 19.4. The largest absolute Gasteiger partial charge is 0.453 e. The van der Waals surface area contributed by atoms with E-state index in [0.717, 1.165) is 50.0 Å². The zero-order valence-corrected chi connectivity index (χ0v) is 17.9. The van der Waals surface area contributed by atoms with Crippen molar-refractivity contribution in [3.63, 3.8) is 0 Å². The van der Waals surface area contributed by atoms with Gasteiger partial charge >= 0.3 is 12.3 Å². The lowest BCUT2D eigenvalue weighted by Crippen LogP contribution is -2.50. The number of hydrogen-bond acceptors (Lipinski definition) is 4. The molecule has 2 fully saturated rings. The zero-order valence-electron chi connectivity index (χ0n) is 17.9. The molecule has 0 spiro atoms. The summed E-state index contributed by atoms with van der Waals surface area (Å²) in [7, 11) is 1.27. The highest BCUT2D eigenvalue weighted by Crippen LogP contribution is 2.39. The van der Waals surface area contributed by atoms with Gasteiger partial charge < -0.3 is 15.4 Å². The van der Waals surface area contributed by atoms with Crippen molar-refractivity contribution in [3.8, 4) is 0 Å². The molecule has 0 aromatic heterocycles. The van der Waals surface area contributed by atoms with Gasteiger partial charge in [0, 0.05) is 25.7 Å². The summed E-state index contributed by atoms with van der Waals surface area (Å²) in [6.45, 7) is 4.20. The van der Waals surface area contributed by atoms with E-state index < -0.39 is 23.9 Å². The fourth-order valence-corrected chi connectivity index (χ4v) is 4.77. The van der Waals surface area contributed by atoms with Gasteiger partial charge in [-0.3, -0.25) is 9.69 Å². The molecule has 1 aliphatic heterocycles. The first-order valence-corrected chi connectivity index (χ1v) is 10.7. The van der Waals surface area contributed by atoms with E-state index in [1.807, 2.05) is 6.92 Å².